The minimum Gasteiger partial charge on any atom is -0.453 e. The third-order valence-electron chi connectivity index (χ3n) is 4.55. The first-order chi connectivity index (χ1) is 16.2. The predicted octanol–water partition coefficient (Wildman–Crippen LogP) is 0.169. The Hall–Kier alpha value is -3.57. The van der Waals surface area contributed by atoms with E-state index in [2.05, 4.69) is 26.0 Å². The minimum absolute atomic E-state index is 0.328. The minimum atomic E-state index is -1.27. The van der Waals surface area contributed by atoms with Gasteiger partial charge in [0.25, 0.3) is 0 Å². The number of ether oxygens (including phenoxy) is 2. The number of methoxy groups -OCH3 is 1. The molecule has 0 bridgehead atoms. The number of carbonyl (C=O) groups excluding carboxylic acids is 5. The molecule has 0 aliphatic carbocycles. The molecule has 0 fully saturated rings. The summed E-state index contributed by atoms with van der Waals surface area (Å²) in [5.41, 5.74) is 0.0555. The summed E-state index contributed by atoms with van der Waals surface area (Å²) in [6.45, 7) is 7.73. The topological polar surface area (TPSA) is 152 Å². The number of nitrogens with one attached hydrogen (secondary N) is 4. The highest BCUT2D eigenvalue weighted by atomic mass is 16.6. The van der Waals surface area contributed by atoms with Crippen molar-refractivity contribution in [3.63, 3.8) is 0 Å². The van der Waals surface area contributed by atoms with Gasteiger partial charge in [0, 0.05) is 5.56 Å². The van der Waals surface area contributed by atoms with Crippen LogP contribution in [0.4, 0.5) is 9.59 Å². The molecule has 0 heterocycles. The van der Waals surface area contributed by atoms with Gasteiger partial charge in [-0.15, -0.1) is 0 Å². The van der Waals surface area contributed by atoms with Crippen molar-refractivity contribution in [2.45, 2.75) is 52.3 Å². The number of carbonyl (C=O) groups is 5. The SMILES string of the molecule is [B]c1ccc(C(=O)CNC(=O)[C@H](CNC(=O)OC(C)(C)C)NC(=O)[C@@H](NC(=O)OC)C(C)C)cc1. The molecule has 0 unspecified atom stereocenters. The fourth-order valence-electron chi connectivity index (χ4n) is 2.75. The van der Waals surface area contributed by atoms with Gasteiger partial charge < -0.3 is 30.7 Å². The molecule has 0 aliphatic heterocycles. The van der Waals surface area contributed by atoms with Gasteiger partial charge in [0.1, 0.15) is 25.5 Å². The molecule has 1 aromatic rings. The van der Waals surface area contributed by atoms with Crippen molar-refractivity contribution < 1.29 is 33.4 Å². The van der Waals surface area contributed by atoms with E-state index in [0.717, 1.165) is 7.11 Å². The zero-order valence-electron chi connectivity index (χ0n) is 20.9. The molecule has 4 amide bonds. The van der Waals surface area contributed by atoms with Crippen molar-refractivity contribution in [1.29, 1.82) is 0 Å². The van der Waals surface area contributed by atoms with Crippen molar-refractivity contribution >= 4 is 43.1 Å². The largest absolute Gasteiger partial charge is 0.453 e. The molecular weight excluding hydrogens is 455 g/mol. The lowest BCUT2D eigenvalue weighted by Gasteiger charge is -2.25. The Balaban J connectivity index is 2.93. The van der Waals surface area contributed by atoms with Gasteiger partial charge in [-0.05, 0) is 26.7 Å². The molecular formula is C23H33BN4O7. The normalized spacial score (nSPS) is 12.7. The Kier molecular flexibility index (Phi) is 11.2. The lowest BCUT2D eigenvalue weighted by atomic mass is 9.94. The zero-order chi connectivity index (χ0) is 26.8. The number of Topliss-reactive ketones (excluding diaryl/α,β-unsaturated/α-hetero) is 1. The van der Waals surface area contributed by atoms with E-state index in [0.29, 0.717) is 11.0 Å². The smallest absolute Gasteiger partial charge is 0.407 e. The highest BCUT2D eigenvalue weighted by molar-refractivity contribution is 6.32. The maximum absolute atomic E-state index is 12.8. The highest BCUT2D eigenvalue weighted by Gasteiger charge is 2.30. The Labute approximate surface area is 206 Å². The average molecular weight is 488 g/mol. The first kappa shape index (κ1) is 29.5. The Bertz CT molecular complexity index is 913. The first-order valence-corrected chi connectivity index (χ1v) is 11.0. The van der Waals surface area contributed by atoms with Gasteiger partial charge in [-0.3, -0.25) is 14.4 Å². The van der Waals surface area contributed by atoms with Gasteiger partial charge in [0.15, 0.2) is 5.78 Å². The van der Waals surface area contributed by atoms with Crippen LogP contribution in [0.2, 0.25) is 0 Å². The second-order valence-corrected chi connectivity index (χ2v) is 9.06. The van der Waals surface area contributed by atoms with E-state index in [1.54, 1.807) is 46.8 Å². The Morgan fingerprint density at radius 3 is 2.03 bits per heavy atom. The zero-order valence-corrected chi connectivity index (χ0v) is 20.9. The quantitative estimate of drug-likeness (QED) is 0.271. The van der Waals surface area contributed by atoms with Crippen LogP contribution in [0.25, 0.3) is 0 Å². The molecule has 0 saturated heterocycles. The van der Waals surface area contributed by atoms with Crippen molar-refractivity contribution in [1.82, 2.24) is 21.3 Å². The molecule has 11 nitrogen and oxygen atoms in total. The van der Waals surface area contributed by atoms with Gasteiger partial charge in [-0.2, -0.15) is 0 Å². The maximum atomic E-state index is 12.8. The van der Waals surface area contributed by atoms with Gasteiger partial charge >= 0.3 is 12.2 Å². The van der Waals surface area contributed by atoms with E-state index in [1.807, 2.05) is 0 Å². The fourth-order valence-corrected chi connectivity index (χ4v) is 2.75. The van der Waals surface area contributed by atoms with Gasteiger partial charge in [0.2, 0.25) is 11.8 Å². The van der Waals surface area contributed by atoms with Gasteiger partial charge in [-0.25, -0.2) is 9.59 Å². The first-order valence-electron chi connectivity index (χ1n) is 11.0. The molecule has 0 aromatic heterocycles. The summed E-state index contributed by atoms with van der Waals surface area (Å²) >= 11 is 0. The molecule has 2 atom stereocenters. The van der Waals surface area contributed by atoms with E-state index < -0.39 is 41.7 Å². The summed E-state index contributed by atoms with van der Waals surface area (Å²) in [6, 6.07) is 3.88. The molecule has 0 spiro atoms. The lowest BCUT2D eigenvalue weighted by Crippen LogP contribution is -2.58. The number of hydrogen-bond donors (Lipinski definition) is 4. The third-order valence-corrected chi connectivity index (χ3v) is 4.55. The van der Waals surface area contributed by atoms with Gasteiger partial charge in [0.05, 0.1) is 20.2 Å². The standard InChI is InChI=1S/C23H33BN4O7/c1-13(2)18(28-22(33)34-6)20(31)27-16(11-26-21(32)35-23(3,4)5)19(30)25-12-17(29)14-7-9-15(24)10-8-14/h7-10,13,16,18H,11-12H2,1-6H3,(H,25,30)(H,26,32)(H,27,31)(H,28,33)/t16-,18-/m0/s1. The molecule has 1 rings (SSSR count). The summed E-state index contributed by atoms with van der Waals surface area (Å²) < 4.78 is 9.70. The van der Waals surface area contributed by atoms with E-state index in [1.165, 1.54) is 12.1 Å². The van der Waals surface area contributed by atoms with E-state index in [9.17, 15) is 24.0 Å². The Morgan fingerprint density at radius 1 is 0.914 bits per heavy atom. The molecule has 0 saturated carbocycles. The van der Waals surface area contributed by atoms with Crippen LogP contribution in [0.15, 0.2) is 24.3 Å². The van der Waals surface area contributed by atoms with Crippen LogP contribution < -0.4 is 26.7 Å². The third kappa shape index (κ3) is 10.9. The van der Waals surface area contributed by atoms with Crippen molar-refractivity contribution in [2.24, 2.45) is 5.92 Å². The van der Waals surface area contributed by atoms with Gasteiger partial charge in [-0.1, -0.05) is 43.6 Å². The van der Waals surface area contributed by atoms with Crippen LogP contribution in [-0.2, 0) is 19.1 Å². The molecule has 1 aromatic carbocycles. The maximum Gasteiger partial charge on any atom is 0.407 e. The van der Waals surface area contributed by atoms with Crippen LogP contribution >= 0.6 is 0 Å². The number of benzene rings is 1. The molecule has 0 aliphatic rings. The summed E-state index contributed by atoms with van der Waals surface area (Å²) in [5.74, 6) is -2.13. The summed E-state index contributed by atoms with van der Waals surface area (Å²) in [6.07, 6.45) is -1.61. The van der Waals surface area contributed by atoms with E-state index in [4.69, 9.17) is 12.6 Å². The molecule has 4 N–H and O–H groups in total. The number of rotatable bonds is 10. The second-order valence-electron chi connectivity index (χ2n) is 9.06. The Morgan fingerprint density at radius 2 is 1.51 bits per heavy atom. The van der Waals surface area contributed by atoms with E-state index >= 15 is 0 Å². The fraction of sp³-hybridized carbons (Fsp3) is 0.522. The number of amides is 4. The van der Waals surface area contributed by atoms with E-state index in [-0.39, 0.29) is 24.8 Å². The van der Waals surface area contributed by atoms with Crippen molar-refractivity contribution in [2.75, 3.05) is 20.2 Å². The van der Waals surface area contributed by atoms with Crippen LogP contribution in [0.1, 0.15) is 45.0 Å². The number of hydrogen-bond acceptors (Lipinski definition) is 7. The number of ketones is 1. The molecule has 12 heteroatoms. The van der Waals surface area contributed by atoms with Crippen LogP contribution in [0, 0.1) is 5.92 Å². The number of alkyl carbamates (subject to hydrolysis) is 2. The summed E-state index contributed by atoms with van der Waals surface area (Å²) in [5, 5.41) is 9.78. The monoisotopic (exact) mass is 488 g/mol. The highest BCUT2D eigenvalue weighted by Crippen LogP contribution is 2.07. The average Bonchev–Trinajstić information content (AvgIpc) is 2.76. The second kappa shape index (κ2) is 13.4. The van der Waals surface area contributed by atoms with Crippen LogP contribution in [0.5, 0.6) is 0 Å². The lowest BCUT2D eigenvalue weighted by molar-refractivity contribution is -0.130. The van der Waals surface area contributed by atoms with Crippen LogP contribution in [0.3, 0.4) is 0 Å². The predicted molar refractivity (Wildman–Crippen MR) is 130 cm³/mol. The molecule has 190 valence electrons. The molecule has 2 radical (unpaired) electrons. The summed E-state index contributed by atoms with van der Waals surface area (Å²) in [4.78, 5) is 61.7. The summed E-state index contributed by atoms with van der Waals surface area (Å²) in [7, 11) is 6.77. The van der Waals surface area contributed by atoms with Crippen molar-refractivity contribution in [3.05, 3.63) is 29.8 Å². The van der Waals surface area contributed by atoms with Crippen LogP contribution in [-0.4, -0.2) is 75.5 Å². The van der Waals surface area contributed by atoms with Crippen molar-refractivity contribution in [3.8, 4) is 0 Å². The molecule has 35 heavy (non-hydrogen) atoms.